The zero-order chi connectivity index (χ0) is 18.0. The van der Waals surface area contributed by atoms with Crippen molar-refractivity contribution in [2.45, 2.75) is 19.0 Å². The van der Waals surface area contributed by atoms with Gasteiger partial charge in [-0.05, 0) is 25.6 Å². The predicted octanol–water partition coefficient (Wildman–Crippen LogP) is 1.31. The van der Waals surface area contributed by atoms with Crippen molar-refractivity contribution in [3.05, 3.63) is 42.1 Å². The summed E-state index contributed by atoms with van der Waals surface area (Å²) in [4.78, 5) is 20.5. The molecule has 25 heavy (non-hydrogen) atoms. The summed E-state index contributed by atoms with van der Waals surface area (Å²) in [5, 5.41) is 1.07. The Morgan fingerprint density at radius 1 is 1.20 bits per heavy atom. The maximum absolute atomic E-state index is 12.4. The highest BCUT2D eigenvalue weighted by Gasteiger charge is 2.31. The molecule has 1 aromatic heterocycles. The predicted molar refractivity (Wildman–Crippen MR) is 97.9 cm³/mol. The van der Waals surface area contributed by atoms with Crippen LogP contribution in [-0.4, -0.2) is 67.3 Å². The Morgan fingerprint density at radius 3 is 2.68 bits per heavy atom. The van der Waals surface area contributed by atoms with E-state index in [0.717, 1.165) is 16.6 Å². The Balaban J connectivity index is 1.60. The van der Waals surface area contributed by atoms with Gasteiger partial charge in [-0.1, -0.05) is 24.3 Å². The van der Waals surface area contributed by atoms with Crippen LogP contribution in [0, 0.1) is 0 Å². The van der Waals surface area contributed by atoms with Crippen molar-refractivity contribution in [1.29, 1.82) is 0 Å². The fourth-order valence-corrected chi connectivity index (χ4v) is 4.92. The van der Waals surface area contributed by atoms with Gasteiger partial charge in [-0.2, -0.15) is 0 Å². The lowest BCUT2D eigenvalue weighted by Crippen LogP contribution is -2.41. The van der Waals surface area contributed by atoms with Crippen LogP contribution in [0.2, 0.25) is 0 Å². The average Bonchev–Trinajstić information content (AvgIpc) is 2.94. The Bertz CT molecular complexity index is 882. The number of aromatic nitrogens is 1. The third-order valence-corrected chi connectivity index (χ3v) is 6.45. The molecular formula is C18H23N3O3S. The summed E-state index contributed by atoms with van der Waals surface area (Å²) in [5.74, 6) is 0.321. The van der Waals surface area contributed by atoms with Gasteiger partial charge in [0.05, 0.1) is 35.8 Å². The molecule has 0 radical (unpaired) electrons. The number of fused-ring (bicyclic) bond motifs is 1. The zero-order valence-electron chi connectivity index (χ0n) is 14.6. The van der Waals surface area contributed by atoms with E-state index in [9.17, 15) is 13.2 Å². The van der Waals surface area contributed by atoms with E-state index in [-0.39, 0.29) is 30.0 Å². The maximum Gasteiger partial charge on any atom is 0.236 e. The first kappa shape index (κ1) is 17.8. The second-order valence-corrected chi connectivity index (χ2v) is 8.95. The third kappa shape index (κ3) is 4.35. The number of carbonyl (C=O) groups is 1. The van der Waals surface area contributed by atoms with Gasteiger partial charge in [-0.15, -0.1) is 0 Å². The van der Waals surface area contributed by atoms with Gasteiger partial charge >= 0.3 is 0 Å². The molecule has 1 amide bonds. The van der Waals surface area contributed by atoms with E-state index in [4.69, 9.17) is 0 Å². The number of hydrogen-bond acceptors (Lipinski definition) is 5. The van der Waals surface area contributed by atoms with E-state index >= 15 is 0 Å². The SMILES string of the molecule is CN(Cc1ccc2ccccc2n1)C(=O)CN(C)C1CCS(=O)(=O)C1. The van der Waals surface area contributed by atoms with Gasteiger partial charge in [0.15, 0.2) is 9.84 Å². The third-order valence-electron chi connectivity index (χ3n) is 4.70. The molecule has 1 atom stereocenters. The van der Waals surface area contributed by atoms with Crippen LogP contribution in [0.4, 0.5) is 0 Å². The van der Waals surface area contributed by atoms with Gasteiger partial charge in [0.1, 0.15) is 0 Å². The maximum atomic E-state index is 12.4. The summed E-state index contributed by atoms with van der Waals surface area (Å²) in [6.45, 7) is 0.644. The molecule has 6 nitrogen and oxygen atoms in total. The molecule has 1 fully saturated rings. The molecule has 134 valence electrons. The van der Waals surface area contributed by atoms with E-state index in [0.29, 0.717) is 13.0 Å². The number of pyridine rings is 1. The van der Waals surface area contributed by atoms with Crippen molar-refractivity contribution in [2.24, 2.45) is 0 Å². The minimum absolute atomic E-state index is 0.0400. The van der Waals surface area contributed by atoms with Crippen LogP contribution < -0.4 is 0 Å². The number of sulfone groups is 1. The van der Waals surface area contributed by atoms with Crippen molar-refractivity contribution in [3.63, 3.8) is 0 Å². The standard InChI is InChI=1S/C18H23N3O3S/c1-20(16-9-10-25(23,24)13-16)12-18(22)21(2)11-15-8-7-14-5-3-4-6-17(14)19-15/h3-8,16H,9-13H2,1-2H3. The van der Waals surface area contributed by atoms with Crippen molar-refractivity contribution in [1.82, 2.24) is 14.8 Å². The van der Waals surface area contributed by atoms with E-state index in [1.807, 2.05) is 48.3 Å². The van der Waals surface area contributed by atoms with Crippen molar-refractivity contribution in [3.8, 4) is 0 Å². The Morgan fingerprint density at radius 2 is 1.96 bits per heavy atom. The monoisotopic (exact) mass is 361 g/mol. The lowest BCUT2D eigenvalue weighted by atomic mass is 10.2. The molecule has 0 N–H and O–H groups in total. The van der Waals surface area contributed by atoms with Gasteiger partial charge in [0.2, 0.25) is 5.91 Å². The number of nitrogens with zero attached hydrogens (tertiary/aromatic N) is 3. The highest BCUT2D eigenvalue weighted by Crippen LogP contribution is 2.17. The first-order valence-electron chi connectivity index (χ1n) is 8.33. The van der Waals surface area contributed by atoms with E-state index < -0.39 is 9.84 Å². The number of likely N-dealkylation sites (N-methyl/N-ethyl adjacent to an activating group) is 2. The Labute approximate surface area is 148 Å². The van der Waals surface area contributed by atoms with Crippen LogP contribution in [0.1, 0.15) is 12.1 Å². The number of carbonyl (C=O) groups excluding carboxylic acids is 1. The molecule has 1 aromatic carbocycles. The van der Waals surface area contributed by atoms with Gasteiger partial charge in [0.25, 0.3) is 0 Å². The van der Waals surface area contributed by atoms with Gasteiger partial charge < -0.3 is 4.90 Å². The molecule has 0 saturated carbocycles. The van der Waals surface area contributed by atoms with Crippen molar-refractivity contribution in [2.75, 3.05) is 32.1 Å². The topological polar surface area (TPSA) is 70.6 Å². The number of hydrogen-bond donors (Lipinski definition) is 0. The minimum Gasteiger partial charge on any atom is -0.339 e. The molecule has 3 rings (SSSR count). The quantitative estimate of drug-likeness (QED) is 0.803. The Kier molecular flexibility index (Phi) is 5.06. The fourth-order valence-electron chi connectivity index (χ4n) is 3.11. The lowest BCUT2D eigenvalue weighted by molar-refractivity contribution is -0.131. The second kappa shape index (κ2) is 7.09. The zero-order valence-corrected chi connectivity index (χ0v) is 15.4. The smallest absolute Gasteiger partial charge is 0.236 e. The number of para-hydroxylation sites is 1. The molecule has 1 aliphatic heterocycles. The van der Waals surface area contributed by atoms with Crippen LogP contribution in [0.15, 0.2) is 36.4 Å². The first-order valence-corrected chi connectivity index (χ1v) is 10.2. The molecular weight excluding hydrogens is 338 g/mol. The van der Waals surface area contributed by atoms with Crippen LogP contribution in [-0.2, 0) is 21.2 Å². The van der Waals surface area contributed by atoms with Gasteiger partial charge in [0, 0.05) is 18.5 Å². The van der Waals surface area contributed by atoms with Crippen LogP contribution >= 0.6 is 0 Å². The van der Waals surface area contributed by atoms with Crippen LogP contribution in [0.3, 0.4) is 0 Å². The average molecular weight is 361 g/mol. The van der Waals surface area contributed by atoms with Crippen molar-refractivity contribution >= 4 is 26.6 Å². The van der Waals surface area contributed by atoms with Crippen molar-refractivity contribution < 1.29 is 13.2 Å². The molecule has 1 unspecified atom stereocenters. The molecule has 0 aliphatic carbocycles. The van der Waals surface area contributed by atoms with E-state index in [1.165, 1.54) is 0 Å². The summed E-state index contributed by atoms with van der Waals surface area (Å²) in [7, 11) is 0.617. The highest BCUT2D eigenvalue weighted by molar-refractivity contribution is 7.91. The second-order valence-electron chi connectivity index (χ2n) is 6.72. The molecule has 2 aromatic rings. The molecule has 0 spiro atoms. The molecule has 1 aliphatic rings. The number of rotatable bonds is 5. The lowest BCUT2D eigenvalue weighted by Gasteiger charge is -2.25. The first-order chi connectivity index (χ1) is 11.8. The Hall–Kier alpha value is -1.99. The summed E-state index contributed by atoms with van der Waals surface area (Å²) in [6, 6.07) is 11.7. The van der Waals surface area contributed by atoms with Crippen LogP contribution in [0.25, 0.3) is 10.9 Å². The highest BCUT2D eigenvalue weighted by atomic mass is 32.2. The summed E-state index contributed by atoms with van der Waals surface area (Å²) < 4.78 is 23.2. The summed E-state index contributed by atoms with van der Waals surface area (Å²) in [6.07, 6.45) is 0.599. The molecule has 7 heteroatoms. The number of benzene rings is 1. The van der Waals surface area contributed by atoms with Gasteiger partial charge in [-0.25, -0.2) is 8.42 Å². The summed E-state index contributed by atoms with van der Waals surface area (Å²) >= 11 is 0. The number of amides is 1. The van der Waals surface area contributed by atoms with E-state index in [1.54, 1.807) is 11.9 Å². The molecule has 2 heterocycles. The molecule has 0 bridgehead atoms. The van der Waals surface area contributed by atoms with E-state index in [2.05, 4.69) is 4.98 Å². The normalized spacial score (nSPS) is 19.4. The minimum atomic E-state index is -2.94. The van der Waals surface area contributed by atoms with Gasteiger partial charge in [-0.3, -0.25) is 14.7 Å². The fraction of sp³-hybridized carbons (Fsp3) is 0.444. The van der Waals surface area contributed by atoms with Crippen LogP contribution in [0.5, 0.6) is 0 Å². The largest absolute Gasteiger partial charge is 0.339 e. The molecule has 1 saturated heterocycles. The summed E-state index contributed by atoms with van der Waals surface area (Å²) in [5.41, 5.74) is 1.75.